The van der Waals surface area contributed by atoms with Gasteiger partial charge in [-0.1, -0.05) is 43.3 Å². The highest BCUT2D eigenvalue weighted by atomic mass is 16.5. The largest absolute Gasteiger partial charge is 0.497 e. The summed E-state index contributed by atoms with van der Waals surface area (Å²) < 4.78 is 5.28. The summed E-state index contributed by atoms with van der Waals surface area (Å²) in [7, 11) is 1.59. The van der Waals surface area contributed by atoms with Crippen LogP contribution in [-0.4, -0.2) is 68.0 Å². The molecule has 1 atom stereocenters. The van der Waals surface area contributed by atoms with Crippen molar-refractivity contribution in [2.24, 2.45) is 0 Å². The number of rotatable bonds is 8. The van der Waals surface area contributed by atoms with E-state index >= 15 is 0 Å². The van der Waals surface area contributed by atoms with Crippen molar-refractivity contribution in [2.75, 3.05) is 46.4 Å². The van der Waals surface area contributed by atoms with Crippen LogP contribution in [-0.2, 0) is 4.79 Å². The second-order valence-electron chi connectivity index (χ2n) is 7.68. The summed E-state index contributed by atoms with van der Waals surface area (Å²) in [5, 5.41) is 3.26. The monoisotopic (exact) mass is 409 g/mol. The van der Waals surface area contributed by atoms with Gasteiger partial charge in [-0.25, -0.2) is 0 Å². The van der Waals surface area contributed by atoms with Crippen LogP contribution in [0.1, 0.15) is 35.2 Å². The molecule has 1 heterocycles. The fourth-order valence-corrected chi connectivity index (χ4v) is 3.73. The molecule has 1 aliphatic rings. The van der Waals surface area contributed by atoms with Gasteiger partial charge in [0, 0.05) is 51.3 Å². The molecule has 6 heteroatoms. The number of nitrogens with zero attached hydrogens (tertiary/aromatic N) is 2. The van der Waals surface area contributed by atoms with Gasteiger partial charge in [-0.3, -0.25) is 9.59 Å². The minimum atomic E-state index is -0.0789. The number of benzene rings is 2. The number of carbonyl (C=O) groups is 2. The van der Waals surface area contributed by atoms with Crippen molar-refractivity contribution in [1.29, 1.82) is 0 Å². The Balaban J connectivity index is 1.73. The lowest BCUT2D eigenvalue weighted by Gasteiger charge is -2.30. The van der Waals surface area contributed by atoms with E-state index in [2.05, 4.69) is 24.4 Å². The molecule has 0 bridgehead atoms. The number of hydrogen-bond donors (Lipinski definition) is 1. The number of hydrogen-bond acceptors (Lipinski definition) is 4. The highest BCUT2D eigenvalue weighted by Gasteiger charge is 2.22. The zero-order chi connectivity index (χ0) is 21.3. The molecule has 160 valence electrons. The summed E-state index contributed by atoms with van der Waals surface area (Å²) in [4.78, 5) is 29.6. The maximum atomic E-state index is 13.3. The van der Waals surface area contributed by atoms with Gasteiger partial charge in [-0.15, -0.1) is 0 Å². The Labute approximate surface area is 178 Å². The summed E-state index contributed by atoms with van der Waals surface area (Å²) in [6.45, 7) is 6.16. The Bertz CT molecular complexity index is 835. The van der Waals surface area contributed by atoms with Crippen LogP contribution < -0.4 is 10.1 Å². The van der Waals surface area contributed by atoms with E-state index in [1.807, 2.05) is 35.2 Å². The normalized spacial score (nSPS) is 14.8. The molecule has 1 fully saturated rings. The van der Waals surface area contributed by atoms with Gasteiger partial charge in [0.1, 0.15) is 5.75 Å². The van der Waals surface area contributed by atoms with Gasteiger partial charge in [-0.2, -0.15) is 0 Å². The molecule has 2 aromatic rings. The van der Waals surface area contributed by atoms with Crippen molar-refractivity contribution in [3.05, 3.63) is 65.7 Å². The first-order chi connectivity index (χ1) is 14.6. The minimum absolute atomic E-state index is 0.0789. The molecule has 0 spiro atoms. The Morgan fingerprint density at radius 3 is 2.53 bits per heavy atom. The minimum Gasteiger partial charge on any atom is -0.497 e. The van der Waals surface area contributed by atoms with Crippen LogP contribution in [0.4, 0.5) is 0 Å². The number of carbonyl (C=O) groups excluding carboxylic acids is 2. The molecule has 2 aromatic carbocycles. The predicted molar refractivity (Wildman–Crippen MR) is 118 cm³/mol. The smallest absolute Gasteiger partial charge is 0.254 e. The van der Waals surface area contributed by atoms with Crippen molar-refractivity contribution < 1.29 is 14.3 Å². The van der Waals surface area contributed by atoms with Crippen LogP contribution in [0.5, 0.6) is 5.75 Å². The number of nitrogens with one attached hydrogen (secondary N) is 1. The maximum absolute atomic E-state index is 13.3. The van der Waals surface area contributed by atoms with Crippen LogP contribution in [0.25, 0.3) is 0 Å². The Kier molecular flexibility index (Phi) is 7.85. The standard InChI is InChI=1S/C24H31N3O3/c1-19(20-7-4-3-5-8-20)18-27(14-11-23(28)26-15-12-25-13-16-26)24(29)21-9-6-10-22(17-21)30-2/h3-10,17,19,25H,11-16,18H2,1-2H3/t19-/m0/s1. The summed E-state index contributed by atoms with van der Waals surface area (Å²) >= 11 is 0. The fourth-order valence-electron chi connectivity index (χ4n) is 3.73. The second kappa shape index (κ2) is 10.8. The molecule has 30 heavy (non-hydrogen) atoms. The lowest BCUT2D eigenvalue weighted by Crippen LogP contribution is -2.47. The predicted octanol–water partition coefficient (Wildman–Crippen LogP) is 2.76. The van der Waals surface area contributed by atoms with Gasteiger partial charge in [0.15, 0.2) is 0 Å². The van der Waals surface area contributed by atoms with Gasteiger partial charge in [-0.05, 0) is 29.7 Å². The van der Waals surface area contributed by atoms with E-state index in [-0.39, 0.29) is 17.7 Å². The van der Waals surface area contributed by atoms with E-state index in [1.165, 1.54) is 5.56 Å². The van der Waals surface area contributed by atoms with Crippen LogP contribution >= 0.6 is 0 Å². The molecule has 6 nitrogen and oxygen atoms in total. The summed E-state index contributed by atoms with van der Waals surface area (Å²) in [6, 6.07) is 17.3. The third-order valence-corrected chi connectivity index (χ3v) is 5.53. The van der Waals surface area contributed by atoms with Gasteiger partial charge in [0.05, 0.1) is 7.11 Å². The van der Waals surface area contributed by atoms with E-state index < -0.39 is 0 Å². The van der Waals surface area contributed by atoms with Gasteiger partial charge < -0.3 is 19.9 Å². The summed E-state index contributed by atoms with van der Waals surface area (Å²) in [5.74, 6) is 0.834. The van der Waals surface area contributed by atoms with Crippen LogP contribution in [0.2, 0.25) is 0 Å². The van der Waals surface area contributed by atoms with Crippen molar-refractivity contribution in [3.8, 4) is 5.75 Å². The van der Waals surface area contributed by atoms with E-state index in [0.29, 0.717) is 30.8 Å². The van der Waals surface area contributed by atoms with Crippen molar-refractivity contribution in [2.45, 2.75) is 19.3 Å². The van der Waals surface area contributed by atoms with Crippen molar-refractivity contribution in [3.63, 3.8) is 0 Å². The zero-order valence-electron chi connectivity index (χ0n) is 17.8. The average molecular weight is 410 g/mol. The van der Waals surface area contributed by atoms with Crippen molar-refractivity contribution in [1.82, 2.24) is 15.1 Å². The highest BCUT2D eigenvalue weighted by Crippen LogP contribution is 2.20. The average Bonchev–Trinajstić information content (AvgIpc) is 2.82. The highest BCUT2D eigenvalue weighted by molar-refractivity contribution is 5.95. The SMILES string of the molecule is COc1cccc(C(=O)N(CCC(=O)N2CCNCC2)C[C@H](C)c2ccccc2)c1. The number of ether oxygens (including phenoxy) is 1. The Morgan fingerprint density at radius 1 is 1.10 bits per heavy atom. The molecule has 0 aromatic heterocycles. The van der Waals surface area contributed by atoms with E-state index in [1.54, 1.807) is 24.1 Å². The lowest BCUT2D eigenvalue weighted by molar-refractivity contribution is -0.131. The first-order valence-corrected chi connectivity index (χ1v) is 10.5. The van der Waals surface area contributed by atoms with Crippen LogP contribution in [0.3, 0.4) is 0 Å². The third kappa shape index (κ3) is 5.83. The Morgan fingerprint density at radius 2 is 1.83 bits per heavy atom. The van der Waals surface area contributed by atoms with Crippen LogP contribution in [0.15, 0.2) is 54.6 Å². The zero-order valence-corrected chi connectivity index (χ0v) is 17.8. The molecule has 0 unspecified atom stereocenters. The summed E-state index contributed by atoms with van der Waals surface area (Å²) in [6.07, 6.45) is 0.331. The molecule has 0 saturated carbocycles. The maximum Gasteiger partial charge on any atom is 0.254 e. The first kappa shape index (κ1) is 21.8. The topological polar surface area (TPSA) is 61.9 Å². The fraction of sp³-hybridized carbons (Fsp3) is 0.417. The molecule has 2 amide bonds. The third-order valence-electron chi connectivity index (χ3n) is 5.53. The molecular formula is C24H31N3O3. The van der Waals surface area contributed by atoms with Gasteiger partial charge in [0.2, 0.25) is 5.91 Å². The van der Waals surface area contributed by atoms with Gasteiger partial charge in [0.25, 0.3) is 5.91 Å². The molecule has 1 aliphatic heterocycles. The quantitative estimate of drug-likeness (QED) is 0.728. The van der Waals surface area contributed by atoms with Crippen molar-refractivity contribution >= 4 is 11.8 Å². The van der Waals surface area contributed by atoms with E-state index in [4.69, 9.17) is 4.74 Å². The molecular weight excluding hydrogens is 378 g/mol. The van der Waals surface area contributed by atoms with Gasteiger partial charge >= 0.3 is 0 Å². The van der Waals surface area contributed by atoms with E-state index in [0.717, 1.165) is 26.2 Å². The molecule has 0 radical (unpaired) electrons. The molecule has 3 rings (SSSR count). The molecule has 1 N–H and O–H groups in total. The molecule has 1 saturated heterocycles. The summed E-state index contributed by atoms with van der Waals surface area (Å²) in [5.41, 5.74) is 1.75. The number of piperazine rings is 1. The molecule has 0 aliphatic carbocycles. The Hall–Kier alpha value is -2.86. The second-order valence-corrected chi connectivity index (χ2v) is 7.68. The lowest BCUT2D eigenvalue weighted by atomic mass is 10.00. The van der Waals surface area contributed by atoms with E-state index in [9.17, 15) is 9.59 Å². The van der Waals surface area contributed by atoms with Crippen LogP contribution in [0, 0.1) is 0 Å². The first-order valence-electron chi connectivity index (χ1n) is 10.5. The number of amides is 2. The number of methoxy groups -OCH3 is 1.